The van der Waals surface area contributed by atoms with Crippen LogP contribution in [0.5, 0.6) is 0 Å². The zero-order valence-electron chi connectivity index (χ0n) is 20.2. The number of rotatable bonds is 5. The Morgan fingerprint density at radius 3 is 2.83 bits per heavy atom. The van der Waals surface area contributed by atoms with E-state index in [1.807, 2.05) is 30.3 Å². The van der Waals surface area contributed by atoms with E-state index in [0.29, 0.717) is 11.8 Å². The molecule has 3 aliphatic rings. The number of fused-ring (bicyclic) bond motifs is 2. The number of anilines is 1. The van der Waals surface area contributed by atoms with Gasteiger partial charge in [-0.3, -0.25) is 14.8 Å². The van der Waals surface area contributed by atoms with E-state index in [9.17, 15) is 4.79 Å². The highest BCUT2D eigenvalue weighted by Crippen LogP contribution is 2.25. The molecule has 7 heteroatoms. The maximum Gasteiger partial charge on any atom is 0.318 e. The van der Waals surface area contributed by atoms with Gasteiger partial charge in [0.05, 0.1) is 10.7 Å². The van der Waals surface area contributed by atoms with Crippen LogP contribution < -0.4 is 20.3 Å². The van der Waals surface area contributed by atoms with E-state index >= 15 is 0 Å². The molecule has 2 fully saturated rings. The Kier molecular flexibility index (Phi) is 5.86. The smallest absolute Gasteiger partial charge is 0.318 e. The predicted octanol–water partition coefficient (Wildman–Crippen LogP) is 0.514. The number of amides is 1. The van der Waals surface area contributed by atoms with E-state index in [2.05, 4.69) is 54.7 Å². The first-order chi connectivity index (χ1) is 17.2. The van der Waals surface area contributed by atoms with Gasteiger partial charge in [-0.15, -0.1) is 0 Å². The van der Waals surface area contributed by atoms with Gasteiger partial charge in [-0.05, 0) is 49.1 Å². The van der Waals surface area contributed by atoms with Gasteiger partial charge >= 0.3 is 5.91 Å². The molecule has 0 saturated carbocycles. The molecule has 1 atom stereocenters. The van der Waals surface area contributed by atoms with Crippen molar-refractivity contribution in [3.63, 3.8) is 0 Å². The Labute approximate surface area is 205 Å². The van der Waals surface area contributed by atoms with Crippen LogP contribution in [0.4, 0.5) is 11.5 Å². The van der Waals surface area contributed by atoms with Crippen LogP contribution in [0.1, 0.15) is 25.7 Å². The molecule has 0 aliphatic carbocycles. The van der Waals surface area contributed by atoms with Crippen LogP contribution >= 0.6 is 0 Å². The molecule has 2 saturated heterocycles. The number of hydrogen-bond donors (Lipinski definition) is 2. The first-order valence-corrected chi connectivity index (χ1v) is 12.8. The monoisotopic (exact) mass is 469 g/mol. The SMILES string of the molecule is C=c1ccc2c(c1)[NH+]=C(C(=O)N1CCCCC1CCN1CCN(c3n[nH]c4ccccc34)CC1)C=2. The van der Waals surface area contributed by atoms with Crippen LogP contribution in [0.3, 0.4) is 0 Å². The molecule has 0 spiro atoms. The number of hydrogen-bond acceptors (Lipinski definition) is 4. The number of para-hydroxylation sites is 1. The van der Waals surface area contributed by atoms with Gasteiger partial charge in [-0.25, -0.2) is 0 Å². The van der Waals surface area contributed by atoms with Crippen molar-refractivity contribution in [3.05, 3.63) is 52.9 Å². The number of benzene rings is 2. The van der Waals surface area contributed by atoms with Gasteiger partial charge in [0.15, 0.2) is 5.82 Å². The van der Waals surface area contributed by atoms with Crippen LogP contribution in [0.25, 0.3) is 23.6 Å². The fourth-order valence-corrected chi connectivity index (χ4v) is 5.72. The number of aromatic nitrogens is 2. The zero-order valence-corrected chi connectivity index (χ0v) is 20.2. The summed E-state index contributed by atoms with van der Waals surface area (Å²) in [5.41, 5.74) is 2.77. The molecule has 0 radical (unpaired) electrons. The van der Waals surface area contributed by atoms with Gasteiger partial charge in [0.25, 0.3) is 5.71 Å². The molecule has 1 aromatic heterocycles. The van der Waals surface area contributed by atoms with Gasteiger partial charge in [-0.2, -0.15) is 10.1 Å². The highest BCUT2D eigenvalue weighted by Gasteiger charge is 2.33. The van der Waals surface area contributed by atoms with Crippen molar-refractivity contribution < 1.29 is 9.79 Å². The standard InChI is InChI=1S/C28H32N6O/c1-20-9-10-21-19-26(29-25(21)18-20)28(35)34-12-5-4-6-22(34)11-13-32-14-16-33(17-15-32)27-23-7-2-3-8-24(23)30-31-27/h2-3,7-10,18-19,22H,1,4-6,11-17H2,(H,30,31)/p+1. The highest BCUT2D eigenvalue weighted by atomic mass is 16.2. The van der Waals surface area contributed by atoms with E-state index < -0.39 is 0 Å². The summed E-state index contributed by atoms with van der Waals surface area (Å²) in [6, 6.07) is 14.7. The number of piperidine rings is 1. The number of nitrogens with one attached hydrogen (secondary N) is 2. The molecule has 2 N–H and O–H groups in total. The fraction of sp³-hybridized carbons (Fsp3) is 0.393. The first-order valence-electron chi connectivity index (χ1n) is 12.8. The second-order valence-corrected chi connectivity index (χ2v) is 9.96. The van der Waals surface area contributed by atoms with Crippen molar-refractivity contribution in [1.82, 2.24) is 20.0 Å². The largest absolute Gasteiger partial charge is 0.352 e. The van der Waals surface area contributed by atoms with E-state index in [0.717, 1.165) is 86.0 Å². The summed E-state index contributed by atoms with van der Waals surface area (Å²) in [7, 11) is 0. The van der Waals surface area contributed by atoms with Gasteiger partial charge < -0.3 is 9.80 Å². The number of carbonyl (C=O) groups is 1. The molecule has 3 aliphatic heterocycles. The molecule has 2 aromatic carbocycles. The summed E-state index contributed by atoms with van der Waals surface area (Å²) in [6.45, 7) is 9.88. The number of aromatic amines is 1. The van der Waals surface area contributed by atoms with Crippen molar-refractivity contribution in [2.24, 2.45) is 0 Å². The maximum atomic E-state index is 13.4. The van der Waals surface area contributed by atoms with Crippen LogP contribution in [-0.2, 0) is 4.79 Å². The van der Waals surface area contributed by atoms with Gasteiger partial charge in [0.1, 0.15) is 0 Å². The lowest BCUT2D eigenvalue weighted by atomic mass is 9.98. The lowest BCUT2D eigenvalue weighted by Gasteiger charge is -2.38. The Morgan fingerprint density at radius 2 is 1.94 bits per heavy atom. The minimum absolute atomic E-state index is 0.131. The number of carbonyl (C=O) groups excluding carboxylic acids is 1. The van der Waals surface area contributed by atoms with E-state index in [4.69, 9.17) is 0 Å². The fourth-order valence-electron chi connectivity index (χ4n) is 5.72. The minimum Gasteiger partial charge on any atom is -0.352 e. The predicted molar refractivity (Wildman–Crippen MR) is 140 cm³/mol. The van der Waals surface area contributed by atoms with Crippen molar-refractivity contribution >= 4 is 46.7 Å². The van der Waals surface area contributed by atoms with E-state index in [-0.39, 0.29) is 5.91 Å². The van der Waals surface area contributed by atoms with Crippen LogP contribution in [0, 0.1) is 0 Å². The molecular weight excluding hydrogens is 436 g/mol. The molecule has 6 rings (SSSR count). The van der Waals surface area contributed by atoms with Gasteiger partial charge in [0, 0.05) is 62.8 Å². The second-order valence-electron chi connectivity index (χ2n) is 9.96. The number of piperazine rings is 1. The van der Waals surface area contributed by atoms with Crippen LogP contribution in [-0.4, -0.2) is 76.9 Å². The molecule has 1 unspecified atom stereocenters. The highest BCUT2D eigenvalue weighted by molar-refractivity contribution is 6.48. The number of likely N-dealkylation sites (tertiary alicyclic amines) is 1. The van der Waals surface area contributed by atoms with Crippen molar-refractivity contribution in [2.45, 2.75) is 31.7 Å². The summed E-state index contributed by atoms with van der Waals surface area (Å²) < 4.78 is 0. The molecule has 1 amide bonds. The van der Waals surface area contributed by atoms with Gasteiger partial charge in [0.2, 0.25) is 5.69 Å². The molecule has 35 heavy (non-hydrogen) atoms. The van der Waals surface area contributed by atoms with Crippen molar-refractivity contribution in [1.29, 1.82) is 0 Å². The topological polar surface area (TPSA) is 69.4 Å². The maximum absolute atomic E-state index is 13.4. The van der Waals surface area contributed by atoms with E-state index in [1.54, 1.807) is 0 Å². The number of nitrogens with zero attached hydrogens (tertiary/aromatic N) is 4. The average molecular weight is 470 g/mol. The summed E-state index contributed by atoms with van der Waals surface area (Å²) in [4.78, 5) is 23.8. The molecule has 7 nitrogen and oxygen atoms in total. The Hall–Kier alpha value is -3.45. The first kappa shape index (κ1) is 22.0. The average Bonchev–Trinajstić information content (AvgIpc) is 3.52. The summed E-state index contributed by atoms with van der Waals surface area (Å²) in [5.74, 6) is 1.19. The Morgan fingerprint density at radius 1 is 1.09 bits per heavy atom. The van der Waals surface area contributed by atoms with Crippen LogP contribution in [0.2, 0.25) is 0 Å². The normalized spacial score (nSPS) is 20.6. The zero-order chi connectivity index (χ0) is 23.8. The Balaban J connectivity index is 1.06. The quantitative estimate of drug-likeness (QED) is 0.572. The molecule has 180 valence electrons. The third kappa shape index (κ3) is 4.36. The molecule has 3 aromatic rings. The van der Waals surface area contributed by atoms with E-state index in [1.165, 1.54) is 11.8 Å². The molecule has 4 heterocycles. The summed E-state index contributed by atoms with van der Waals surface area (Å²) in [5, 5.41) is 10.9. The lowest BCUT2D eigenvalue weighted by molar-refractivity contribution is -0.350. The third-order valence-corrected chi connectivity index (χ3v) is 7.71. The molecule has 0 bridgehead atoms. The van der Waals surface area contributed by atoms with Crippen molar-refractivity contribution in [3.8, 4) is 0 Å². The van der Waals surface area contributed by atoms with Crippen molar-refractivity contribution in [2.75, 3.05) is 44.2 Å². The lowest BCUT2D eigenvalue weighted by Crippen LogP contribution is -2.69. The summed E-state index contributed by atoms with van der Waals surface area (Å²) in [6.07, 6.45) is 6.39. The summed E-state index contributed by atoms with van der Waals surface area (Å²) >= 11 is 0. The van der Waals surface area contributed by atoms with Crippen LogP contribution in [0.15, 0.2) is 42.5 Å². The number of H-pyrrole nitrogens is 1. The van der Waals surface area contributed by atoms with Gasteiger partial charge in [-0.1, -0.05) is 24.8 Å². The molecular formula is C28H33N6O+. The third-order valence-electron chi connectivity index (χ3n) is 7.71. The Bertz CT molecular complexity index is 1380. The second kappa shape index (κ2) is 9.30. The minimum atomic E-state index is 0.131.